The Kier molecular flexibility index (Phi) is 4.46. The fraction of sp³-hybridized carbons (Fsp3) is 0. The van der Waals surface area contributed by atoms with Crippen LogP contribution in [-0.2, 0) is 0 Å². The molecule has 0 unspecified atom stereocenters. The monoisotopic (exact) mass is 220 g/mol. The Hall–Kier alpha value is -1.72. The summed E-state index contributed by atoms with van der Waals surface area (Å²) < 4.78 is 0. The molecule has 4 nitrogen and oxygen atoms in total. The molecule has 0 aliphatic rings. The van der Waals surface area contributed by atoms with Gasteiger partial charge in [-0.1, -0.05) is 24.3 Å². The maximum absolute atomic E-state index is 4.79. The Balaban J connectivity index is 0.000000195. The highest BCUT2D eigenvalue weighted by Crippen LogP contribution is 2.07. The molecule has 0 saturated carbocycles. The Bertz CT molecular complexity index is 379. The molecule has 0 bridgehead atoms. The van der Waals surface area contributed by atoms with Crippen molar-refractivity contribution < 1.29 is 0 Å². The van der Waals surface area contributed by atoms with Gasteiger partial charge in [0.25, 0.3) is 0 Å². The van der Waals surface area contributed by atoms with Crippen molar-refractivity contribution in [2.24, 2.45) is 11.6 Å². The minimum Gasteiger partial charge on any atom is -0.375 e. The minimum atomic E-state index is 0.116. The van der Waals surface area contributed by atoms with Crippen molar-refractivity contribution in [1.29, 1.82) is 0 Å². The van der Waals surface area contributed by atoms with E-state index in [1.54, 1.807) is 0 Å². The number of thiocarbonyl (C=S) groups is 1. The van der Waals surface area contributed by atoms with E-state index in [1.165, 1.54) is 5.39 Å². The number of hydrogen-bond donors (Lipinski definition) is 3. The molecule has 1 aromatic heterocycles. The molecule has 15 heavy (non-hydrogen) atoms. The van der Waals surface area contributed by atoms with Gasteiger partial charge in [-0.3, -0.25) is 4.98 Å². The van der Waals surface area contributed by atoms with Crippen LogP contribution in [0, 0.1) is 0 Å². The highest BCUT2D eigenvalue weighted by Gasteiger charge is 1.86. The molecule has 0 aliphatic carbocycles. The van der Waals surface area contributed by atoms with Gasteiger partial charge >= 0.3 is 0 Å². The zero-order chi connectivity index (χ0) is 11.1. The molecular weight excluding hydrogens is 208 g/mol. The number of pyridine rings is 1. The van der Waals surface area contributed by atoms with Crippen molar-refractivity contribution in [3.63, 3.8) is 0 Å². The van der Waals surface area contributed by atoms with Gasteiger partial charge in [-0.2, -0.15) is 0 Å². The molecule has 5 N–H and O–H groups in total. The standard InChI is InChI=1S/C9H7N.CH5N3S/c1-2-6-9-8(4-1)5-3-7-10-9;2-1(5)4-3/h1-7H;3H2,(H3,2,4,5). The Morgan fingerprint density at radius 3 is 2.40 bits per heavy atom. The summed E-state index contributed by atoms with van der Waals surface area (Å²) >= 11 is 4.24. The van der Waals surface area contributed by atoms with Gasteiger partial charge in [-0.25, -0.2) is 5.84 Å². The van der Waals surface area contributed by atoms with Gasteiger partial charge in [0, 0.05) is 11.6 Å². The van der Waals surface area contributed by atoms with Crippen molar-refractivity contribution in [1.82, 2.24) is 10.4 Å². The van der Waals surface area contributed by atoms with Crippen LogP contribution in [0.5, 0.6) is 0 Å². The van der Waals surface area contributed by atoms with Crippen LogP contribution in [-0.4, -0.2) is 10.1 Å². The largest absolute Gasteiger partial charge is 0.375 e. The zero-order valence-corrected chi connectivity index (χ0v) is 8.87. The molecule has 0 spiro atoms. The molecule has 0 saturated heterocycles. The van der Waals surface area contributed by atoms with E-state index in [2.05, 4.69) is 35.2 Å². The van der Waals surface area contributed by atoms with Crippen LogP contribution in [0.1, 0.15) is 0 Å². The summed E-state index contributed by atoms with van der Waals surface area (Å²) in [6.45, 7) is 0. The van der Waals surface area contributed by atoms with Crippen molar-refractivity contribution in [2.45, 2.75) is 0 Å². The number of benzene rings is 1. The number of nitrogens with one attached hydrogen (secondary N) is 1. The predicted octanol–water partition coefficient (Wildman–Crippen LogP) is 0.928. The first-order valence-corrected chi connectivity index (χ1v) is 4.70. The zero-order valence-electron chi connectivity index (χ0n) is 8.05. The number of nitrogens with zero attached hydrogens (tertiary/aromatic N) is 1. The molecule has 5 heteroatoms. The van der Waals surface area contributed by atoms with Gasteiger partial charge in [0.2, 0.25) is 0 Å². The van der Waals surface area contributed by atoms with E-state index < -0.39 is 0 Å². The SMILES string of the molecule is NNC(N)=S.c1ccc2ncccc2c1. The van der Waals surface area contributed by atoms with Crippen molar-refractivity contribution in [3.8, 4) is 0 Å². The van der Waals surface area contributed by atoms with Gasteiger partial charge in [0.15, 0.2) is 5.11 Å². The lowest BCUT2D eigenvalue weighted by atomic mass is 10.2. The van der Waals surface area contributed by atoms with E-state index in [4.69, 9.17) is 5.73 Å². The molecule has 0 fully saturated rings. The van der Waals surface area contributed by atoms with Gasteiger partial charge in [-0.15, -0.1) is 0 Å². The van der Waals surface area contributed by atoms with Gasteiger partial charge in [-0.05, 0) is 24.4 Å². The predicted molar refractivity (Wildman–Crippen MR) is 65.9 cm³/mol. The van der Waals surface area contributed by atoms with Crippen LogP contribution in [0.4, 0.5) is 0 Å². The molecule has 0 amide bonds. The highest BCUT2D eigenvalue weighted by molar-refractivity contribution is 7.80. The third-order valence-corrected chi connectivity index (χ3v) is 1.77. The first-order chi connectivity index (χ1) is 7.24. The van der Waals surface area contributed by atoms with E-state index in [-0.39, 0.29) is 5.11 Å². The molecular formula is C10H12N4S. The van der Waals surface area contributed by atoms with Crippen LogP contribution in [0.25, 0.3) is 10.9 Å². The van der Waals surface area contributed by atoms with Gasteiger partial charge in [0.05, 0.1) is 5.52 Å². The second-order valence-electron chi connectivity index (χ2n) is 2.70. The van der Waals surface area contributed by atoms with Crippen LogP contribution in [0.3, 0.4) is 0 Å². The Morgan fingerprint density at radius 2 is 1.80 bits per heavy atom. The van der Waals surface area contributed by atoms with E-state index in [0.717, 1.165) is 5.52 Å². The van der Waals surface area contributed by atoms with Gasteiger partial charge in [0.1, 0.15) is 0 Å². The topological polar surface area (TPSA) is 77.0 Å². The van der Waals surface area contributed by atoms with E-state index in [9.17, 15) is 0 Å². The van der Waals surface area contributed by atoms with E-state index >= 15 is 0 Å². The number of fused-ring (bicyclic) bond motifs is 1. The van der Waals surface area contributed by atoms with Crippen LogP contribution >= 0.6 is 12.2 Å². The lowest BCUT2D eigenvalue weighted by molar-refractivity contribution is 1.03. The summed E-state index contributed by atoms with van der Waals surface area (Å²) in [6, 6.07) is 12.1. The van der Waals surface area contributed by atoms with Crippen molar-refractivity contribution >= 4 is 28.2 Å². The number of hydrazine groups is 1. The normalized spacial score (nSPS) is 8.87. The van der Waals surface area contributed by atoms with Crippen molar-refractivity contribution in [3.05, 3.63) is 42.6 Å². The molecule has 2 aromatic rings. The van der Waals surface area contributed by atoms with E-state index in [1.807, 2.05) is 35.9 Å². The molecule has 2 rings (SSSR count). The fourth-order valence-electron chi connectivity index (χ4n) is 1.02. The number of hydrogen-bond acceptors (Lipinski definition) is 3. The maximum Gasteiger partial charge on any atom is 0.177 e. The first-order valence-electron chi connectivity index (χ1n) is 4.30. The Labute approximate surface area is 93.3 Å². The molecule has 0 radical (unpaired) electrons. The minimum absolute atomic E-state index is 0.116. The summed E-state index contributed by atoms with van der Waals surface area (Å²) in [5.74, 6) is 4.66. The molecule has 78 valence electrons. The third-order valence-electron chi connectivity index (χ3n) is 1.65. The summed E-state index contributed by atoms with van der Waals surface area (Å²) in [5.41, 5.74) is 7.88. The van der Waals surface area contributed by atoms with Crippen molar-refractivity contribution in [2.75, 3.05) is 0 Å². The molecule has 1 aromatic carbocycles. The smallest absolute Gasteiger partial charge is 0.177 e. The maximum atomic E-state index is 4.79. The lowest BCUT2D eigenvalue weighted by Gasteiger charge is -1.91. The average Bonchev–Trinajstić information content (AvgIpc) is 2.30. The summed E-state index contributed by atoms with van der Waals surface area (Å²) in [5, 5.41) is 1.31. The average molecular weight is 220 g/mol. The second kappa shape index (κ2) is 5.90. The third kappa shape index (κ3) is 3.88. The van der Waals surface area contributed by atoms with Crippen LogP contribution in [0.2, 0.25) is 0 Å². The first kappa shape index (κ1) is 11.4. The lowest BCUT2D eigenvalue weighted by Crippen LogP contribution is -2.34. The molecule has 0 aliphatic heterocycles. The summed E-state index contributed by atoms with van der Waals surface area (Å²) in [4.78, 5) is 4.18. The Morgan fingerprint density at radius 1 is 1.20 bits per heavy atom. The molecule has 0 atom stereocenters. The fourth-order valence-corrected chi connectivity index (χ4v) is 1.02. The van der Waals surface area contributed by atoms with Gasteiger partial charge < -0.3 is 11.2 Å². The summed E-state index contributed by atoms with van der Waals surface area (Å²) in [6.07, 6.45) is 1.81. The highest BCUT2D eigenvalue weighted by atomic mass is 32.1. The van der Waals surface area contributed by atoms with Crippen LogP contribution < -0.4 is 17.0 Å². The second-order valence-corrected chi connectivity index (χ2v) is 3.14. The number of aromatic nitrogens is 1. The molecule has 1 heterocycles. The van der Waals surface area contributed by atoms with Crippen LogP contribution in [0.15, 0.2) is 42.6 Å². The van der Waals surface area contributed by atoms with E-state index in [0.29, 0.717) is 0 Å². The number of rotatable bonds is 0. The quantitative estimate of drug-likeness (QED) is 0.350. The number of nitrogens with two attached hydrogens (primary N) is 2. The number of para-hydroxylation sites is 1. The summed E-state index contributed by atoms with van der Waals surface area (Å²) in [7, 11) is 0.